The van der Waals surface area contributed by atoms with Crippen molar-refractivity contribution in [1.29, 1.82) is 0 Å². The number of fused-ring (bicyclic) bond motifs is 4. The monoisotopic (exact) mass is 461 g/mol. The predicted octanol–water partition coefficient (Wildman–Crippen LogP) is 4.30. The van der Waals surface area contributed by atoms with Gasteiger partial charge >= 0.3 is 0 Å². The molecule has 0 aliphatic carbocycles. The van der Waals surface area contributed by atoms with E-state index >= 15 is 0 Å². The van der Waals surface area contributed by atoms with Crippen molar-refractivity contribution in [3.63, 3.8) is 0 Å². The zero-order valence-corrected chi connectivity index (χ0v) is 19.9. The molecule has 0 amide bonds. The Balaban J connectivity index is 1.54. The summed E-state index contributed by atoms with van der Waals surface area (Å²) in [6.45, 7) is 10.3. The van der Waals surface area contributed by atoms with Crippen LogP contribution >= 0.6 is 0 Å². The SMILES string of the molecule is C=CCN1c2ccccc2-c2nc(Nc3ccc4c(c3)CN(C)CC4(C)C)ncc2S1(=O)=O. The fourth-order valence-corrected chi connectivity index (χ4v) is 6.51. The number of aromatic nitrogens is 2. The summed E-state index contributed by atoms with van der Waals surface area (Å²) >= 11 is 0. The molecule has 3 heterocycles. The zero-order chi connectivity index (χ0) is 23.4. The van der Waals surface area contributed by atoms with Crippen molar-refractivity contribution in [2.75, 3.05) is 29.8 Å². The zero-order valence-electron chi connectivity index (χ0n) is 19.0. The Kier molecular flexibility index (Phi) is 5.02. The van der Waals surface area contributed by atoms with E-state index in [4.69, 9.17) is 0 Å². The van der Waals surface area contributed by atoms with Crippen LogP contribution in [-0.2, 0) is 22.0 Å². The van der Waals surface area contributed by atoms with Gasteiger partial charge in [0.05, 0.1) is 24.1 Å². The summed E-state index contributed by atoms with van der Waals surface area (Å²) in [6.07, 6.45) is 2.96. The Labute approximate surface area is 194 Å². The van der Waals surface area contributed by atoms with Gasteiger partial charge in [-0.05, 0) is 36.4 Å². The summed E-state index contributed by atoms with van der Waals surface area (Å²) in [6, 6.07) is 13.7. The summed E-state index contributed by atoms with van der Waals surface area (Å²) in [5, 5.41) is 3.28. The number of nitrogens with zero attached hydrogens (tertiary/aromatic N) is 4. The molecular formula is C25H27N5O2S. The van der Waals surface area contributed by atoms with Crippen LogP contribution in [0.2, 0.25) is 0 Å². The van der Waals surface area contributed by atoms with E-state index in [1.165, 1.54) is 21.6 Å². The molecule has 2 aliphatic rings. The first-order valence-electron chi connectivity index (χ1n) is 10.9. The molecule has 2 aromatic carbocycles. The van der Waals surface area contributed by atoms with E-state index < -0.39 is 10.0 Å². The smallest absolute Gasteiger partial charge is 0.268 e. The standard InChI is InChI=1S/C25H27N5O2S/c1-5-12-30-21-9-7-6-8-19(21)23-22(33(30,31)32)14-26-24(28-23)27-18-10-11-20-17(13-18)15-29(4)16-25(20,2)3/h5-11,13-14H,1,12,15-16H2,2-4H3,(H,26,27,28). The van der Waals surface area contributed by atoms with E-state index in [-0.39, 0.29) is 16.9 Å². The van der Waals surface area contributed by atoms with Gasteiger partial charge in [0.15, 0.2) is 0 Å². The minimum atomic E-state index is -3.78. The molecule has 0 radical (unpaired) electrons. The van der Waals surface area contributed by atoms with Gasteiger partial charge in [0, 0.05) is 29.8 Å². The third-order valence-electron chi connectivity index (χ3n) is 6.24. The Morgan fingerprint density at radius 2 is 2.00 bits per heavy atom. The molecule has 0 saturated heterocycles. The maximum absolute atomic E-state index is 13.3. The van der Waals surface area contributed by atoms with Crippen LogP contribution in [0.4, 0.5) is 17.3 Å². The van der Waals surface area contributed by atoms with E-state index in [0.717, 1.165) is 24.3 Å². The predicted molar refractivity (Wildman–Crippen MR) is 131 cm³/mol. The number of benzene rings is 2. The van der Waals surface area contributed by atoms with Gasteiger partial charge in [-0.2, -0.15) is 0 Å². The van der Waals surface area contributed by atoms with Crippen LogP contribution in [0.1, 0.15) is 25.0 Å². The van der Waals surface area contributed by atoms with Crippen molar-refractivity contribution < 1.29 is 8.42 Å². The third kappa shape index (κ3) is 3.59. The average molecular weight is 462 g/mol. The van der Waals surface area contributed by atoms with Crippen molar-refractivity contribution in [2.24, 2.45) is 0 Å². The summed E-state index contributed by atoms with van der Waals surface area (Å²) in [7, 11) is -1.65. The normalized spacial score (nSPS) is 18.1. The third-order valence-corrected chi connectivity index (χ3v) is 8.02. The molecule has 1 aromatic heterocycles. The highest BCUT2D eigenvalue weighted by Crippen LogP contribution is 2.42. The Bertz CT molecular complexity index is 1370. The molecular weight excluding hydrogens is 434 g/mol. The molecule has 170 valence electrons. The number of hydrogen-bond acceptors (Lipinski definition) is 6. The van der Waals surface area contributed by atoms with Crippen LogP contribution in [0.15, 0.2) is 66.2 Å². The molecule has 5 rings (SSSR count). The second-order valence-corrected chi connectivity index (χ2v) is 11.1. The van der Waals surface area contributed by atoms with Crippen molar-refractivity contribution in [2.45, 2.75) is 30.7 Å². The highest BCUT2D eigenvalue weighted by molar-refractivity contribution is 7.93. The lowest BCUT2D eigenvalue weighted by molar-refractivity contribution is 0.236. The van der Waals surface area contributed by atoms with Gasteiger partial charge < -0.3 is 10.2 Å². The second kappa shape index (κ2) is 7.67. The molecule has 33 heavy (non-hydrogen) atoms. The van der Waals surface area contributed by atoms with E-state index in [9.17, 15) is 8.42 Å². The highest BCUT2D eigenvalue weighted by atomic mass is 32.2. The number of hydrogen-bond donors (Lipinski definition) is 1. The number of nitrogens with one attached hydrogen (secondary N) is 1. The number of anilines is 3. The van der Waals surface area contributed by atoms with Crippen LogP contribution in [0.5, 0.6) is 0 Å². The molecule has 7 nitrogen and oxygen atoms in total. The molecule has 0 bridgehead atoms. The minimum absolute atomic E-state index is 0.0819. The van der Waals surface area contributed by atoms with Gasteiger partial charge in [-0.25, -0.2) is 18.4 Å². The Morgan fingerprint density at radius 3 is 2.79 bits per heavy atom. The molecule has 0 unspecified atom stereocenters. The minimum Gasteiger partial charge on any atom is -0.324 e. The lowest BCUT2D eigenvalue weighted by atomic mass is 9.78. The van der Waals surface area contributed by atoms with Crippen LogP contribution in [-0.4, -0.2) is 43.4 Å². The molecule has 0 atom stereocenters. The Morgan fingerprint density at radius 1 is 1.21 bits per heavy atom. The average Bonchev–Trinajstić information content (AvgIpc) is 2.75. The van der Waals surface area contributed by atoms with Crippen LogP contribution in [0.3, 0.4) is 0 Å². The van der Waals surface area contributed by atoms with Gasteiger partial charge in [-0.1, -0.05) is 44.2 Å². The van der Waals surface area contributed by atoms with Crippen LogP contribution < -0.4 is 9.62 Å². The lowest BCUT2D eigenvalue weighted by Gasteiger charge is -2.38. The molecule has 1 N–H and O–H groups in total. The van der Waals surface area contributed by atoms with E-state index in [1.54, 1.807) is 12.1 Å². The molecule has 2 aliphatic heterocycles. The van der Waals surface area contributed by atoms with Crippen molar-refractivity contribution in [3.8, 4) is 11.3 Å². The summed E-state index contributed by atoms with van der Waals surface area (Å²) < 4.78 is 27.8. The molecule has 3 aromatic rings. The number of para-hydroxylation sites is 1. The van der Waals surface area contributed by atoms with E-state index in [2.05, 4.69) is 59.8 Å². The van der Waals surface area contributed by atoms with Gasteiger partial charge in [-0.15, -0.1) is 6.58 Å². The largest absolute Gasteiger partial charge is 0.324 e. The molecule has 0 saturated carbocycles. The maximum Gasteiger partial charge on any atom is 0.268 e. The topological polar surface area (TPSA) is 78.4 Å². The molecule has 8 heteroatoms. The fourth-order valence-electron chi connectivity index (χ4n) is 4.96. The quantitative estimate of drug-likeness (QED) is 0.584. The van der Waals surface area contributed by atoms with Crippen molar-refractivity contribution >= 4 is 27.3 Å². The molecule has 0 fully saturated rings. The van der Waals surface area contributed by atoms with Crippen molar-refractivity contribution in [3.05, 3.63) is 72.4 Å². The second-order valence-electron chi connectivity index (χ2n) is 9.30. The number of sulfonamides is 1. The number of likely N-dealkylation sites (N-methyl/N-ethyl adjacent to an activating group) is 1. The first-order valence-corrected chi connectivity index (χ1v) is 12.3. The first-order chi connectivity index (χ1) is 15.7. The van der Waals surface area contributed by atoms with E-state index in [1.807, 2.05) is 24.3 Å². The number of rotatable bonds is 4. The van der Waals surface area contributed by atoms with Gasteiger partial charge in [0.2, 0.25) is 5.95 Å². The first kappa shape index (κ1) is 21.6. The van der Waals surface area contributed by atoms with E-state index in [0.29, 0.717) is 17.3 Å². The van der Waals surface area contributed by atoms with Gasteiger partial charge in [-0.3, -0.25) is 4.31 Å². The lowest BCUT2D eigenvalue weighted by Crippen LogP contribution is -2.39. The summed E-state index contributed by atoms with van der Waals surface area (Å²) in [4.78, 5) is 11.4. The maximum atomic E-state index is 13.3. The van der Waals surface area contributed by atoms with Crippen LogP contribution in [0.25, 0.3) is 11.3 Å². The summed E-state index contributed by atoms with van der Waals surface area (Å²) in [5.41, 5.74) is 5.32. The van der Waals surface area contributed by atoms with Gasteiger partial charge in [0.1, 0.15) is 4.90 Å². The summed E-state index contributed by atoms with van der Waals surface area (Å²) in [5.74, 6) is 0.360. The fraction of sp³-hybridized carbons (Fsp3) is 0.280. The Hall–Kier alpha value is -3.23. The molecule has 0 spiro atoms. The van der Waals surface area contributed by atoms with Crippen LogP contribution in [0, 0.1) is 0 Å². The van der Waals surface area contributed by atoms with Crippen molar-refractivity contribution in [1.82, 2.24) is 14.9 Å². The van der Waals surface area contributed by atoms with Gasteiger partial charge in [0.25, 0.3) is 10.0 Å². The highest BCUT2D eigenvalue weighted by Gasteiger charge is 2.36.